The van der Waals surface area contributed by atoms with Crippen LogP contribution in [-0.2, 0) is 0 Å². The first-order chi connectivity index (χ1) is 6.53. The van der Waals surface area contributed by atoms with Crippen LogP contribution in [0.2, 0.25) is 0 Å². The zero-order chi connectivity index (χ0) is 10.6. The van der Waals surface area contributed by atoms with E-state index in [9.17, 15) is 5.11 Å². The predicted octanol–water partition coefficient (Wildman–Crippen LogP) is 1.37. The molecule has 0 aromatic carbocycles. The molecule has 1 aromatic rings. The van der Waals surface area contributed by atoms with Gasteiger partial charge in [-0.15, -0.1) is 10.2 Å². The van der Waals surface area contributed by atoms with Crippen LogP contribution in [0.5, 0.6) is 0 Å². The van der Waals surface area contributed by atoms with Gasteiger partial charge in [-0.05, 0) is 20.1 Å². The third-order valence-electron chi connectivity index (χ3n) is 1.60. The van der Waals surface area contributed by atoms with Crippen LogP contribution in [0.3, 0.4) is 0 Å². The van der Waals surface area contributed by atoms with Crippen molar-refractivity contribution in [2.45, 2.75) is 19.4 Å². The number of hydrogen-bond donors (Lipinski definition) is 2. The van der Waals surface area contributed by atoms with Crippen molar-refractivity contribution in [3.8, 4) is 0 Å². The maximum atomic E-state index is 9.86. The summed E-state index contributed by atoms with van der Waals surface area (Å²) in [7, 11) is 0. The largest absolute Gasteiger partial charge is 0.387 e. The van der Waals surface area contributed by atoms with E-state index in [1.807, 2.05) is 20.1 Å². The second-order valence-corrected chi connectivity index (χ2v) is 5.46. The summed E-state index contributed by atoms with van der Waals surface area (Å²) in [6.45, 7) is 4.22. The van der Waals surface area contributed by atoms with Crippen molar-refractivity contribution in [1.82, 2.24) is 10.2 Å². The number of aliphatic hydroxyl groups is 1. The summed E-state index contributed by atoms with van der Waals surface area (Å²) in [5, 5.41) is 22.4. The van der Waals surface area contributed by atoms with E-state index in [0.29, 0.717) is 12.3 Å². The first-order valence-electron chi connectivity index (χ1n) is 4.29. The third kappa shape index (κ3) is 3.81. The lowest BCUT2D eigenvalue weighted by Gasteiger charge is -2.21. The lowest BCUT2D eigenvalue weighted by Crippen LogP contribution is -2.36. The van der Waals surface area contributed by atoms with Crippen molar-refractivity contribution >= 4 is 28.2 Å². The van der Waals surface area contributed by atoms with Crippen LogP contribution < -0.4 is 5.32 Å². The molecule has 1 heterocycles. The number of nitrogens with one attached hydrogen (secondary N) is 1. The summed E-state index contributed by atoms with van der Waals surface area (Å²) < 4.78 is 0. The normalized spacial score (nSPS) is 15.1. The van der Waals surface area contributed by atoms with E-state index in [2.05, 4.69) is 15.5 Å². The average molecular weight is 233 g/mol. The zero-order valence-electron chi connectivity index (χ0n) is 8.57. The molecule has 0 saturated carbocycles. The molecule has 0 radical (unpaired) electrons. The number of rotatable bonds is 5. The summed E-state index contributed by atoms with van der Waals surface area (Å²) in [6.07, 6.45) is 1.98. The molecule has 0 fully saturated rings. The van der Waals surface area contributed by atoms with E-state index in [1.165, 1.54) is 11.3 Å². The quantitative estimate of drug-likeness (QED) is 0.804. The fourth-order valence-electron chi connectivity index (χ4n) is 0.996. The van der Waals surface area contributed by atoms with E-state index < -0.39 is 5.60 Å². The highest BCUT2D eigenvalue weighted by molar-refractivity contribution is 7.98. The van der Waals surface area contributed by atoms with Crippen LogP contribution in [0.15, 0.2) is 0 Å². The molecule has 2 N–H and O–H groups in total. The highest BCUT2D eigenvalue weighted by Crippen LogP contribution is 2.16. The van der Waals surface area contributed by atoms with Gasteiger partial charge in [0.2, 0.25) is 5.13 Å². The fraction of sp³-hybridized carbons (Fsp3) is 0.750. The molecule has 0 aliphatic rings. The molecule has 4 nitrogen and oxygen atoms in total. The molecule has 0 spiro atoms. The molecule has 1 atom stereocenters. The zero-order valence-corrected chi connectivity index (χ0v) is 10.2. The lowest BCUT2D eigenvalue weighted by molar-refractivity contribution is 0.0997. The summed E-state index contributed by atoms with van der Waals surface area (Å²) in [5.74, 6) is 0.706. The first kappa shape index (κ1) is 11.7. The standard InChI is InChI=1S/C8H15N3OS2/c1-6-10-11-7(14-6)9-4-8(2,12)5-13-3/h12H,4-5H2,1-3H3,(H,9,11). The van der Waals surface area contributed by atoms with E-state index in [0.717, 1.165) is 10.1 Å². The number of hydrogen-bond acceptors (Lipinski definition) is 6. The molecular formula is C8H15N3OS2. The number of aromatic nitrogens is 2. The van der Waals surface area contributed by atoms with Crippen molar-refractivity contribution < 1.29 is 5.11 Å². The van der Waals surface area contributed by atoms with Crippen molar-refractivity contribution in [1.29, 1.82) is 0 Å². The molecule has 0 amide bonds. The SMILES string of the molecule is CSCC(C)(O)CNc1nnc(C)s1. The Morgan fingerprint density at radius 1 is 1.57 bits per heavy atom. The van der Waals surface area contributed by atoms with E-state index in [-0.39, 0.29) is 0 Å². The van der Waals surface area contributed by atoms with Gasteiger partial charge >= 0.3 is 0 Å². The van der Waals surface area contributed by atoms with Gasteiger partial charge in [-0.25, -0.2) is 0 Å². The average Bonchev–Trinajstić information content (AvgIpc) is 2.48. The lowest BCUT2D eigenvalue weighted by atomic mass is 10.1. The maximum absolute atomic E-state index is 9.86. The van der Waals surface area contributed by atoms with Gasteiger partial charge in [0.25, 0.3) is 0 Å². The van der Waals surface area contributed by atoms with Gasteiger partial charge in [-0.3, -0.25) is 0 Å². The Morgan fingerprint density at radius 2 is 2.29 bits per heavy atom. The Bertz CT molecular complexity index is 288. The van der Waals surface area contributed by atoms with Gasteiger partial charge in [-0.1, -0.05) is 11.3 Å². The highest BCUT2D eigenvalue weighted by atomic mass is 32.2. The van der Waals surface area contributed by atoms with Crippen LogP contribution in [0, 0.1) is 6.92 Å². The third-order valence-corrected chi connectivity index (χ3v) is 3.31. The van der Waals surface area contributed by atoms with Crippen LogP contribution >= 0.6 is 23.1 Å². The van der Waals surface area contributed by atoms with Gasteiger partial charge in [-0.2, -0.15) is 11.8 Å². The minimum absolute atomic E-state index is 0.502. The molecule has 14 heavy (non-hydrogen) atoms. The van der Waals surface area contributed by atoms with Crippen molar-refractivity contribution in [2.75, 3.05) is 23.9 Å². The van der Waals surface area contributed by atoms with E-state index in [1.54, 1.807) is 11.8 Å². The summed E-state index contributed by atoms with van der Waals surface area (Å²) in [5.41, 5.74) is -0.695. The van der Waals surface area contributed by atoms with Crippen LogP contribution in [0.25, 0.3) is 0 Å². The Morgan fingerprint density at radius 3 is 2.79 bits per heavy atom. The molecule has 1 unspecified atom stereocenters. The van der Waals surface area contributed by atoms with Crippen LogP contribution in [-0.4, -0.2) is 39.5 Å². The molecule has 0 saturated heterocycles. The first-order valence-corrected chi connectivity index (χ1v) is 6.50. The molecule has 1 rings (SSSR count). The minimum Gasteiger partial charge on any atom is -0.387 e. The summed E-state index contributed by atoms with van der Waals surface area (Å²) >= 11 is 3.12. The number of thioether (sulfide) groups is 1. The fourth-order valence-corrected chi connectivity index (χ4v) is 2.31. The number of aryl methyl sites for hydroxylation is 1. The van der Waals surface area contributed by atoms with E-state index >= 15 is 0 Å². The molecule has 80 valence electrons. The van der Waals surface area contributed by atoms with Crippen molar-refractivity contribution in [3.05, 3.63) is 5.01 Å². The summed E-state index contributed by atoms with van der Waals surface area (Å²) in [4.78, 5) is 0. The van der Waals surface area contributed by atoms with Crippen molar-refractivity contribution in [3.63, 3.8) is 0 Å². The second kappa shape index (κ2) is 4.95. The van der Waals surface area contributed by atoms with Crippen LogP contribution in [0.1, 0.15) is 11.9 Å². The van der Waals surface area contributed by atoms with E-state index in [4.69, 9.17) is 0 Å². The second-order valence-electron chi connectivity index (χ2n) is 3.41. The Balaban J connectivity index is 2.40. The maximum Gasteiger partial charge on any atom is 0.205 e. The van der Waals surface area contributed by atoms with Gasteiger partial charge < -0.3 is 10.4 Å². The Labute approximate surface area is 92.1 Å². The minimum atomic E-state index is -0.695. The summed E-state index contributed by atoms with van der Waals surface area (Å²) in [6, 6.07) is 0. The van der Waals surface area contributed by atoms with Gasteiger partial charge in [0.15, 0.2) is 0 Å². The van der Waals surface area contributed by atoms with Gasteiger partial charge in [0, 0.05) is 12.3 Å². The number of anilines is 1. The molecule has 0 bridgehead atoms. The molecule has 6 heteroatoms. The van der Waals surface area contributed by atoms with Gasteiger partial charge in [0.1, 0.15) is 5.01 Å². The monoisotopic (exact) mass is 233 g/mol. The molecule has 0 aliphatic carbocycles. The smallest absolute Gasteiger partial charge is 0.205 e. The number of nitrogens with zero attached hydrogens (tertiary/aromatic N) is 2. The van der Waals surface area contributed by atoms with Gasteiger partial charge in [0.05, 0.1) is 5.60 Å². The molecule has 1 aromatic heterocycles. The topological polar surface area (TPSA) is 58.0 Å². The molecular weight excluding hydrogens is 218 g/mol. The van der Waals surface area contributed by atoms with Crippen molar-refractivity contribution in [2.24, 2.45) is 0 Å². The molecule has 0 aliphatic heterocycles. The van der Waals surface area contributed by atoms with Crippen LogP contribution in [0.4, 0.5) is 5.13 Å². The highest BCUT2D eigenvalue weighted by Gasteiger charge is 2.19. The predicted molar refractivity (Wildman–Crippen MR) is 62.1 cm³/mol. The Kier molecular flexibility index (Phi) is 4.15. The Hall–Kier alpha value is -0.330.